The number of aliphatic hydroxyl groups is 3. The van der Waals surface area contributed by atoms with E-state index < -0.39 is 24.4 Å². The third kappa shape index (κ3) is 10.2. The predicted molar refractivity (Wildman–Crippen MR) is 104 cm³/mol. The van der Waals surface area contributed by atoms with Crippen molar-refractivity contribution in [2.45, 2.75) is 115 Å². The number of hydrogen-bond acceptors (Lipinski definition) is 5. The molecule has 1 aliphatic rings. The summed E-state index contributed by atoms with van der Waals surface area (Å²) in [7, 11) is 0. The molecule has 0 amide bonds. The summed E-state index contributed by atoms with van der Waals surface area (Å²) in [5.74, 6) is 0. The van der Waals surface area contributed by atoms with Gasteiger partial charge in [0.05, 0.1) is 13.2 Å². The quantitative estimate of drug-likeness (QED) is 0.360. The van der Waals surface area contributed by atoms with Crippen molar-refractivity contribution >= 4 is 0 Å². The van der Waals surface area contributed by atoms with Crippen molar-refractivity contribution < 1.29 is 24.8 Å². The van der Waals surface area contributed by atoms with Crippen molar-refractivity contribution in [3.05, 3.63) is 0 Å². The van der Waals surface area contributed by atoms with Gasteiger partial charge in [0.2, 0.25) is 0 Å². The molecule has 0 aromatic carbocycles. The van der Waals surface area contributed by atoms with Gasteiger partial charge in [-0.25, -0.2) is 0 Å². The van der Waals surface area contributed by atoms with E-state index in [0.29, 0.717) is 6.61 Å². The number of unbranched alkanes of at least 4 members (excludes halogenated alkanes) is 12. The van der Waals surface area contributed by atoms with E-state index in [2.05, 4.69) is 6.92 Å². The molecule has 1 heterocycles. The summed E-state index contributed by atoms with van der Waals surface area (Å²) in [5.41, 5.74) is 0. The fraction of sp³-hybridized carbons (Fsp3) is 1.00. The molecule has 5 heteroatoms. The minimum Gasteiger partial charge on any atom is -0.394 e. The van der Waals surface area contributed by atoms with E-state index >= 15 is 0 Å². The Morgan fingerprint density at radius 2 is 1.31 bits per heavy atom. The summed E-state index contributed by atoms with van der Waals surface area (Å²) in [6.45, 7) is 2.64. The average Bonchev–Trinajstić information content (AvgIpc) is 2.65. The highest BCUT2D eigenvalue weighted by atomic mass is 16.6. The number of rotatable bonds is 16. The third-order valence-electron chi connectivity index (χ3n) is 5.32. The molecule has 1 aliphatic heterocycles. The van der Waals surface area contributed by atoms with Crippen LogP contribution >= 0.6 is 0 Å². The highest BCUT2D eigenvalue weighted by Crippen LogP contribution is 2.19. The van der Waals surface area contributed by atoms with Gasteiger partial charge in [-0.3, -0.25) is 0 Å². The van der Waals surface area contributed by atoms with Crippen LogP contribution in [0.5, 0.6) is 0 Å². The number of ether oxygens (including phenoxy) is 2. The zero-order valence-corrected chi connectivity index (χ0v) is 16.8. The van der Waals surface area contributed by atoms with Crippen LogP contribution in [0, 0.1) is 0 Å². The zero-order valence-electron chi connectivity index (χ0n) is 16.8. The first-order valence-electron chi connectivity index (χ1n) is 10.9. The summed E-state index contributed by atoms with van der Waals surface area (Å²) < 4.78 is 11.0. The van der Waals surface area contributed by atoms with Gasteiger partial charge in [0.25, 0.3) is 0 Å². The molecule has 0 spiro atoms. The molecule has 0 aliphatic carbocycles. The second-order valence-corrected chi connectivity index (χ2v) is 7.69. The zero-order chi connectivity index (χ0) is 19.0. The molecule has 1 rings (SSSR count). The van der Waals surface area contributed by atoms with Gasteiger partial charge in [0, 0.05) is 6.61 Å². The van der Waals surface area contributed by atoms with E-state index in [-0.39, 0.29) is 13.2 Å². The molecule has 5 nitrogen and oxygen atoms in total. The molecule has 0 bridgehead atoms. The minimum absolute atomic E-state index is 0.0466. The van der Waals surface area contributed by atoms with Crippen LogP contribution in [-0.4, -0.2) is 59.6 Å². The van der Waals surface area contributed by atoms with E-state index in [9.17, 15) is 15.3 Å². The Morgan fingerprint density at radius 3 is 1.81 bits per heavy atom. The van der Waals surface area contributed by atoms with Crippen molar-refractivity contribution in [1.82, 2.24) is 0 Å². The standard InChI is InChI=1S/C21H42O5/c1-2-3-4-5-6-7-8-9-10-11-12-13-14-15-25-21-19(16-22)26-17-18(23)20(21)24/h18-24H,2-17H2,1H3/t18-,19+,20+,21+/m0/s1. The van der Waals surface area contributed by atoms with Crippen LogP contribution in [0.2, 0.25) is 0 Å². The van der Waals surface area contributed by atoms with Crippen LogP contribution < -0.4 is 0 Å². The number of hydrogen-bond donors (Lipinski definition) is 3. The van der Waals surface area contributed by atoms with Gasteiger partial charge in [-0.15, -0.1) is 0 Å². The molecule has 0 aromatic rings. The smallest absolute Gasteiger partial charge is 0.114 e. The van der Waals surface area contributed by atoms with E-state index in [0.717, 1.165) is 12.8 Å². The Bertz CT molecular complexity index is 311. The molecular weight excluding hydrogens is 332 g/mol. The van der Waals surface area contributed by atoms with Gasteiger partial charge in [-0.05, 0) is 6.42 Å². The first-order valence-corrected chi connectivity index (χ1v) is 10.9. The van der Waals surface area contributed by atoms with Gasteiger partial charge in [-0.1, -0.05) is 84.0 Å². The highest BCUT2D eigenvalue weighted by molar-refractivity contribution is 4.87. The highest BCUT2D eigenvalue weighted by Gasteiger charge is 2.39. The Morgan fingerprint density at radius 1 is 0.808 bits per heavy atom. The van der Waals surface area contributed by atoms with Crippen molar-refractivity contribution in [3.8, 4) is 0 Å². The maximum atomic E-state index is 9.98. The van der Waals surface area contributed by atoms with Gasteiger partial charge in [-0.2, -0.15) is 0 Å². The molecule has 1 saturated heterocycles. The van der Waals surface area contributed by atoms with Crippen LogP contribution in [0.3, 0.4) is 0 Å². The molecular formula is C21H42O5. The fourth-order valence-electron chi connectivity index (χ4n) is 3.56. The SMILES string of the molecule is CCCCCCCCCCCCCCCO[C@H]1[C@H](O)[C@@H](O)CO[C@@H]1CO. The molecule has 0 unspecified atom stereocenters. The lowest BCUT2D eigenvalue weighted by atomic mass is 10.0. The van der Waals surface area contributed by atoms with E-state index in [1.54, 1.807) is 0 Å². The monoisotopic (exact) mass is 374 g/mol. The van der Waals surface area contributed by atoms with Crippen molar-refractivity contribution in [1.29, 1.82) is 0 Å². The minimum atomic E-state index is -0.983. The number of aliphatic hydroxyl groups excluding tert-OH is 3. The van der Waals surface area contributed by atoms with Crippen molar-refractivity contribution in [2.24, 2.45) is 0 Å². The lowest BCUT2D eigenvalue weighted by Gasteiger charge is -2.37. The largest absolute Gasteiger partial charge is 0.394 e. The topological polar surface area (TPSA) is 79.2 Å². The Kier molecular flexibility index (Phi) is 14.5. The Labute approximate surface area is 160 Å². The summed E-state index contributed by atoms with van der Waals surface area (Å²) in [4.78, 5) is 0. The first kappa shape index (κ1) is 23.8. The van der Waals surface area contributed by atoms with E-state index in [4.69, 9.17) is 9.47 Å². The molecule has 156 valence electrons. The molecule has 4 atom stereocenters. The first-order chi connectivity index (χ1) is 12.7. The molecule has 26 heavy (non-hydrogen) atoms. The van der Waals surface area contributed by atoms with Gasteiger partial charge in [0.1, 0.15) is 24.4 Å². The fourth-order valence-corrected chi connectivity index (χ4v) is 3.56. The predicted octanol–water partition coefficient (Wildman–Crippen LogP) is 3.58. The normalized spacial score (nSPS) is 26.3. The Hall–Kier alpha value is -0.200. The van der Waals surface area contributed by atoms with Gasteiger partial charge < -0.3 is 24.8 Å². The van der Waals surface area contributed by atoms with Crippen LogP contribution in [0.15, 0.2) is 0 Å². The second kappa shape index (κ2) is 15.8. The van der Waals surface area contributed by atoms with Gasteiger partial charge >= 0.3 is 0 Å². The van der Waals surface area contributed by atoms with Crippen LogP contribution in [0.4, 0.5) is 0 Å². The molecule has 0 aromatic heterocycles. The third-order valence-corrected chi connectivity index (χ3v) is 5.32. The van der Waals surface area contributed by atoms with Crippen molar-refractivity contribution in [3.63, 3.8) is 0 Å². The van der Waals surface area contributed by atoms with Crippen molar-refractivity contribution in [2.75, 3.05) is 19.8 Å². The van der Waals surface area contributed by atoms with Crippen LogP contribution in [0.25, 0.3) is 0 Å². The summed E-state index contributed by atoms with van der Waals surface area (Å²) in [6.07, 6.45) is 13.8. The lowest BCUT2D eigenvalue weighted by Crippen LogP contribution is -2.55. The molecule has 1 fully saturated rings. The summed E-state index contributed by atoms with van der Waals surface area (Å²) >= 11 is 0. The average molecular weight is 375 g/mol. The molecule has 0 radical (unpaired) electrons. The Balaban J connectivity index is 1.90. The lowest BCUT2D eigenvalue weighted by molar-refractivity contribution is -0.211. The van der Waals surface area contributed by atoms with Crippen LogP contribution in [0.1, 0.15) is 90.4 Å². The maximum Gasteiger partial charge on any atom is 0.114 e. The maximum absolute atomic E-state index is 9.98. The van der Waals surface area contributed by atoms with Crippen LogP contribution in [-0.2, 0) is 9.47 Å². The summed E-state index contributed by atoms with van der Waals surface area (Å²) in [5, 5.41) is 28.9. The molecule has 3 N–H and O–H groups in total. The molecule has 0 saturated carbocycles. The summed E-state index contributed by atoms with van der Waals surface area (Å²) in [6, 6.07) is 0. The van der Waals surface area contributed by atoms with Gasteiger partial charge in [0.15, 0.2) is 0 Å². The van der Waals surface area contributed by atoms with E-state index in [1.165, 1.54) is 70.6 Å². The van der Waals surface area contributed by atoms with E-state index in [1.807, 2.05) is 0 Å². The second-order valence-electron chi connectivity index (χ2n) is 7.69.